The van der Waals surface area contributed by atoms with Crippen LogP contribution in [0.4, 0.5) is 5.69 Å². The number of fused-ring (bicyclic) bond motifs is 1. The highest BCUT2D eigenvalue weighted by molar-refractivity contribution is 7.92. The Morgan fingerprint density at radius 3 is 2.59 bits per heavy atom. The molecule has 1 aromatic heterocycles. The minimum absolute atomic E-state index is 0.0275. The summed E-state index contributed by atoms with van der Waals surface area (Å²) in [5, 5.41) is 11.4. The summed E-state index contributed by atoms with van der Waals surface area (Å²) in [5.41, 5.74) is 0.312. The van der Waals surface area contributed by atoms with Gasteiger partial charge in [-0.1, -0.05) is 13.0 Å². The molecule has 1 aliphatic heterocycles. The van der Waals surface area contributed by atoms with Gasteiger partial charge in [-0.05, 0) is 36.6 Å². The van der Waals surface area contributed by atoms with Crippen LogP contribution in [0.1, 0.15) is 24.2 Å². The van der Waals surface area contributed by atoms with Crippen LogP contribution in [0.3, 0.4) is 0 Å². The number of anilines is 1. The van der Waals surface area contributed by atoms with Gasteiger partial charge in [0, 0.05) is 25.2 Å². The Labute approximate surface area is 204 Å². The Balaban J connectivity index is 1.99. The normalized spacial score (nSPS) is 20.3. The van der Waals surface area contributed by atoms with E-state index in [1.54, 1.807) is 18.4 Å². The number of amides is 1. The lowest BCUT2D eigenvalue weighted by molar-refractivity contribution is 0.0387. The number of aliphatic hydroxyl groups excluding tert-OH is 1. The molecule has 0 fully saturated rings. The molecule has 3 atom stereocenters. The molecule has 0 radical (unpaired) electrons. The van der Waals surface area contributed by atoms with Gasteiger partial charge in [-0.15, -0.1) is 11.3 Å². The molecular formula is C21H29N3O7S3. The molecule has 0 unspecified atom stereocenters. The van der Waals surface area contributed by atoms with Crippen molar-refractivity contribution < 1.29 is 31.5 Å². The van der Waals surface area contributed by atoms with E-state index >= 15 is 0 Å². The molecule has 0 spiro atoms. The highest BCUT2D eigenvalue weighted by atomic mass is 32.2. The summed E-state index contributed by atoms with van der Waals surface area (Å²) in [5.74, 6) is -0.489. The van der Waals surface area contributed by atoms with Gasteiger partial charge < -0.3 is 14.7 Å². The average molecular weight is 532 g/mol. The van der Waals surface area contributed by atoms with Gasteiger partial charge in [0.25, 0.3) is 15.9 Å². The number of nitrogens with one attached hydrogen (secondary N) is 1. The first-order valence-electron chi connectivity index (χ1n) is 10.5. The van der Waals surface area contributed by atoms with E-state index in [9.17, 15) is 26.7 Å². The number of likely N-dealkylation sites (N-methyl/N-ethyl adjacent to an activating group) is 1. The smallest absolute Gasteiger partial charge is 0.258 e. The zero-order chi connectivity index (χ0) is 25.3. The number of carbonyl (C=O) groups is 1. The van der Waals surface area contributed by atoms with E-state index < -0.39 is 38.1 Å². The monoisotopic (exact) mass is 531 g/mol. The number of hydrogen-bond acceptors (Lipinski definition) is 8. The minimum atomic E-state index is -3.71. The number of ether oxygens (including phenoxy) is 1. The molecule has 0 aliphatic carbocycles. The lowest BCUT2D eigenvalue weighted by Gasteiger charge is -2.38. The van der Waals surface area contributed by atoms with Crippen molar-refractivity contribution in [3.05, 3.63) is 41.3 Å². The van der Waals surface area contributed by atoms with Crippen molar-refractivity contribution in [2.24, 2.45) is 5.92 Å². The fourth-order valence-electron chi connectivity index (χ4n) is 3.63. The second kappa shape index (κ2) is 10.2. The number of benzene rings is 1. The predicted molar refractivity (Wildman–Crippen MR) is 130 cm³/mol. The lowest BCUT2D eigenvalue weighted by Crippen LogP contribution is -2.50. The third kappa shape index (κ3) is 5.89. The maximum atomic E-state index is 13.3. The van der Waals surface area contributed by atoms with E-state index in [0.717, 1.165) is 17.6 Å². The second-order valence-corrected chi connectivity index (χ2v) is 13.4. The lowest BCUT2D eigenvalue weighted by atomic mass is 9.99. The number of carbonyl (C=O) groups excluding carboxylic acids is 1. The largest absolute Gasteiger partial charge is 0.488 e. The molecule has 2 aromatic rings. The first kappa shape index (κ1) is 26.4. The van der Waals surface area contributed by atoms with Crippen molar-refractivity contribution in [2.45, 2.75) is 30.2 Å². The van der Waals surface area contributed by atoms with E-state index in [2.05, 4.69) is 4.72 Å². The van der Waals surface area contributed by atoms with Crippen LogP contribution in [0.2, 0.25) is 0 Å². The first-order chi connectivity index (χ1) is 15.8. The number of thiophene rings is 1. The topological polar surface area (TPSA) is 133 Å². The molecule has 188 valence electrons. The summed E-state index contributed by atoms with van der Waals surface area (Å²) in [7, 11) is -5.81. The Morgan fingerprint density at radius 1 is 1.29 bits per heavy atom. The van der Waals surface area contributed by atoms with Crippen LogP contribution in [0.5, 0.6) is 5.75 Å². The Morgan fingerprint density at radius 2 is 2.00 bits per heavy atom. The molecule has 2 N–H and O–H groups in total. The average Bonchev–Trinajstić information content (AvgIpc) is 3.30. The van der Waals surface area contributed by atoms with Gasteiger partial charge in [0.15, 0.2) is 0 Å². The number of hydrogen-bond donors (Lipinski definition) is 2. The van der Waals surface area contributed by atoms with Crippen molar-refractivity contribution in [1.82, 2.24) is 9.21 Å². The summed E-state index contributed by atoms with van der Waals surface area (Å²) >= 11 is 1.12. The van der Waals surface area contributed by atoms with Crippen LogP contribution in [0, 0.1) is 5.92 Å². The zero-order valence-corrected chi connectivity index (χ0v) is 21.8. The fraction of sp³-hybridized carbons (Fsp3) is 0.476. The second-order valence-electron chi connectivity index (χ2n) is 8.43. The van der Waals surface area contributed by atoms with Gasteiger partial charge in [0.2, 0.25) is 10.0 Å². The van der Waals surface area contributed by atoms with Crippen molar-refractivity contribution in [3.63, 3.8) is 0 Å². The van der Waals surface area contributed by atoms with Gasteiger partial charge in [0.1, 0.15) is 16.1 Å². The van der Waals surface area contributed by atoms with Crippen LogP contribution >= 0.6 is 11.3 Å². The Hall–Kier alpha value is -2.19. The number of sulfonamides is 2. The molecular weight excluding hydrogens is 502 g/mol. The van der Waals surface area contributed by atoms with Gasteiger partial charge in [0.05, 0.1) is 31.0 Å². The summed E-state index contributed by atoms with van der Waals surface area (Å²) in [6, 6.07) is 7.03. The molecule has 1 amide bonds. The highest BCUT2D eigenvalue weighted by Crippen LogP contribution is 2.31. The Bertz CT molecular complexity index is 1230. The molecule has 0 saturated carbocycles. The zero-order valence-electron chi connectivity index (χ0n) is 19.3. The third-order valence-corrected chi connectivity index (χ3v) is 9.37. The molecule has 0 saturated heterocycles. The van der Waals surface area contributed by atoms with E-state index in [1.807, 2.05) is 6.92 Å². The standard InChI is InChI=1S/C21H29N3O7S3/c1-14-11-24(15(2)13-25)21(26)17-10-16(22-33(4,27)28)7-8-18(17)31-19(14)12-23(3)34(29,30)20-6-5-9-32-20/h5-10,14-15,19,22,25H,11-13H2,1-4H3/t14-,15+,19-/m0/s1. The van der Waals surface area contributed by atoms with E-state index in [1.165, 1.54) is 40.5 Å². The van der Waals surface area contributed by atoms with Crippen LogP contribution in [0.15, 0.2) is 39.9 Å². The van der Waals surface area contributed by atoms with Crippen LogP contribution in [0.25, 0.3) is 0 Å². The summed E-state index contributed by atoms with van der Waals surface area (Å²) < 4.78 is 59.2. The van der Waals surface area contributed by atoms with Crippen LogP contribution in [-0.2, 0) is 20.0 Å². The number of aliphatic hydroxyl groups is 1. The molecule has 3 rings (SSSR count). The SMILES string of the molecule is C[C@H](CO)N1C[C@H](C)[C@H](CN(C)S(=O)(=O)c2cccs2)Oc2ccc(NS(C)(=O)=O)cc2C1=O. The summed E-state index contributed by atoms with van der Waals surface area (Å²) in [6.45, 7) is 3.52. The maximum Gasteiger partial charge on any atom is 0.258 e. The number of rotatable bonds is 8. The van der Waals surface area contributed by atoms with Crippen LogP contribution in [-0.4, -0.2) is 82.2 Å². The molecule has 10 nitrogen and oxygen atoms in total. The fourth-order valence-corrected chi connectivity index (χ4v) is 6.57. The van der Waals surface area contributed by atoms with Crippen molar-refractivity contribution >= 4 is 43.0 Å². The maximum absolute atomic E-state index is 13.3. The van der Waals surface area contributed by atoms with Crippen LogP contribution < -0.4 is 9.46 Å². The highest BCUT2D eigenvalue weighted by Gasteiger charge is 2.35. The molecule has 34 heavy (non-hydrogen) atoms. The molecule has 1 aromatic carbocycles. The predicted octanol–water partition coefficient (Wildman–Crippen LogP) is 1.66. The van der Waals surface area contributed by atoms with Crippen molar-refractivity contribution in [1.29, 1.82) is 0 Å². The minimum Gasteiger partial charge on any atom is -0.488 e. The molecule has 2 heterocycles. The van der Waals surface area contributed by atoms with E-state index in [4.69, 9.17) is 4.74 Å². The summed E-state index contributed by atoms with van der Waals surface area (Å²) in [6.07, 6.45) is 0.387. The summed E-state index contributed by atoms with van der Waals surface area (Å²) in [4.78, 5) is 14.8. The van der Waals surface area contributed by atoms with E-state index in [-0.39, 0.29) is 46.8 Å². The van der Waals surface area contributed by atoms with Gasteiger partial charge in [-0.2, -0.15) is 4.31 Å². The molecule has 1 aliphatic rings. The van der Waals surface area contributed by atoms with Gasteiger partial charge in [-0.3, -0.25) is 9.52 Å². The van der Waals surface area contributed by atoms with Gasteiger partial charge >= 0.3 is 0 Å². The first-order valence-corrected chi connectivity index (χ1v) is 14.7. The number of nitrogens with zero attached hydrogens (tertiary/aromatic N) is 2. The molecule has 13 heteroatoms. The van der Waals surface area contributed by atoms with Crippen molar-refractivity contribution in [3.8, 4) is 5.75 Å². The van der Waals surface area contributed by atoms with Crippen molar-refractivity contribution in [2.75, 3.05) is 37.7 Å². The Kier molecular flexibility index (Phi) is 7.92. The molecule has 0 bridgehead atoms. The van der Waals surface area contributed by atoms with E-state index in [0.29, 0.717) is 0 Å². The van der Waals surface area contributed by atoms with Gasteiger partial charge in [-0.25, -0.2) is 16.8 Å². The quantitative estimate of drug-likeness (QED) is 0.529. The third-order valence-electron chi connectivity index (χ3n) is 5.56.